The van der Waals surface area contributed by atoms with Gasteiger partial charge in [0.05, 0.1) is 6.04 Å². The van der Waals surface area contributed by atoms with Crippen molar-refractivity contribution in [2.75, 3.05) is 27.2 Å². The maximum absolute atomic E-state index is 5.48. The third-order valence-corrected chi connectivity index (χ3v) is 5.31. The summed E-state index contributed by atoms with van der Waals surface area (Å²) in [6, 6.07) is 4.73. The van der Waals surface area contributed by atoms with Crippen molar-refractivity contribution in [3.8, 4) is 0 Å². The second-order valence-electron chi connectivity index (χ2n) is 7.52. The van der Waals surface area contributed by atoms with Crippen LogP contribution in [-0.4, -0.2) is 52.1 Å². The number of likely N-dealkylation sites (tertiary alicyclic amines) is 1. The Kier molecular flexibility index (Phi) is 5.49. The first-order valence-corrected chi connectivity index (χ1v) is 9.11. The molecule has 0 spiro atoms. The summed E-state index contributed by atoms with van der Waals surface area (Å²) in [5.41, 5.74) is 1.30. The van der Waals surface area contributed by atoms with Crippen LogP contribution in [0.4, 0.5) is 0 Å². The summed E-state index contributed by atoms with van der Waals surface area (Å²) < 4.78 is 5.48. The number of nitrogens with zero attached hydrogens (tertiary/aromatic N) is 5. The van der Waals surface area contributed by atoms with E-state index in [1.54, 1.807) is 0 Å². The van der Waals surface area contributed by atoms with Crippen molar-refractivity contribution in [3.05, 3.63) is 41.8 Å². The molecule has 136 valence electrons. The Bertz CT molecular complexity index is 671. The maximum atomic E-state index is 5.48. The lowest BCUT2D eigenvalue weighted by Gasteiger charge is -2.30. The van der Waals surface area contributed by atoms with E-state index in [0.29, 0.717) is 17.9 Å². The molecule has 3 rings (SSSR count). The second-order valence-corrected chi connectivity index (χ2v) is 7.52. The van der Waals surface area contributed by atoms with Crippen molar-refractivity contribution in [1.29, 1.82) is 0 Å². The molecule has 2 aromatic rings. The SMILES string of the molecule is CC(C)c1noc([C@@H](C)N(C)C[C@@H]2CCN(C)[C@H]2c2cccnc2)n1. The molecule has 3 atom stereocenters. The Balaban J connectivity index is 1.69. The number of aromatic nitrogens is 3. The summed E-state index contributed by atoms with van der Waals surface area (Å²) in [5.74, 6) is 2.34. The molecular weight excluding hydrogens is 314 g/mol. The van der Waals surface area contributed by atoms with E-state index < -0.39 is 0 Å². The van der Waals surface area contributed by atoms with Crippen LogP contribution in [0, 0.1) is 5.92 Å². The molecule has 0 amide bonds. The fourth-order valence-corrected chi connectivity index (χ4v) is 3.66. The van der Waals surface area contributed by atoms with Crippen molar-refractivity contribution in [2.45, 2.75) is 45.2 Å². The van der Waals surface area contributed by atoms with Crippen molar-refractivity contribution < 1.29 is 4.52 Å². The normalized spacial score (nSPS) is 22.8. The number of hydrogen-bond acceptors (Lipinski definition) is 6. The van der Waals surface area contributed by atoms with E-state index in [2.05, 4.69) is 65.9 Å². The second kappa shape index (κ2) is 7.62. The summed E-state index contributed by atoms with van der Waals surface area (Å²) >= 11 is 0. The van der Waals surface area contributed by atoms with Crippen LogP contribution < -0.4 is 0 Å². The largest absolute Gasteiger partial charge is 0.338 e. The molecule has 1 aliphatic heterocycles. The van der Waals surface area contributed by atoms with Crippen molar-refractivity contribution >= 4 is 0 Å². The maximum Gasteiger partial charge on any atom is 0.243 e. The quantitative estimate of drug-likeness (QED) is 0.802. The third-order valence-electron chi connectivity index (χ3n) is 5.31. The lowest BCUT2D eigenvalue weighted by Crippen LogP contribution is -2.32. The van der Waals surface area contributed by atoms with Gasteiger partial charge in [-0.05, 0) is 51.5 Å². The zero-order valence-electron chi connectivity index (χ0n) is 15.9. The molecule has 0 aromatic carbocycles. The third kappa shape index (κ3) is 3.90. The smallest absolute Gasteiger partial charge is 0.243 e. The van der Waals surface area contributed by atoms with Gasteiger partial charge in [-0.3, -0.25) is 14.8 Å². The van der Waals surface area contributed by atoms with Gasteiger partial charge in [0, 0.05) is 30.9 Å². The van der Waals surface area contributed by atoms with E-state index in [9.17, 15) is 0 Å². The molecule has 3 heterocycles. The van der Waals surface area contributed by atoms with Crippen LogP contribution in [0.2, 0.25) is 0 Å². The van der Waals surface area contributed by atoms with Crippen LogP contribution in [0.3, 0.4) is 0 Å². The fraction of sp³-hybridized carbons (Fsp3) is 0.632. The van der Waals surface area contributed by atoms with Crippen molar-refractivity contribution in [2.24, 2.45) is 5.92 Å². The molecule has 25 heavy (non-hydrogen) atoms. The zero-order chi connectivity index (χ0) is 18.0. The van der Waals surface area contributed by atoms with Gasteiger partial charge < -0.3 is 4.52 Å². The topological polar surface area (TPSA) is 58.3 Å². The molecule has 6 heteroatoms. The van der Waals surface area contributed by atoms with Crippen LogP contribution in [0.5, 0.6) is 0 Å². The number of hydrogen-bond donors (Lipinski definition) is 0. The van der Waals surface area contributed by atoms with Gasteiger partial charge in [0.1, 0.15) is 0 Å². The number of rotatable bonds is 6. The van der Waals surface area contributed by atoms with Gasteiger partial charge in [0.25, 0.3) is 0 Å². The van der Waals surface area contributed by atoms with Gasteiger partial charge in [0.2, 0.25) is 5.89 Å². The van der Waals surface area contributed by atoms with Crippen LogP contribution in [0.25, 0.3) is 0 Å². The Hall–Kier alpha value is -1.79. The molecular formula is C19H29N5O. The predicted octanol–water partition coefficient (Wildman–Crippen LogP) is 3.27. The molecule has 0 aliphatic carbocycles. The fourth-order valence-electron chi connectivity index (χ4n) is 3.66. The Morgan fingerprint density at radius 3 is 2.80 bits per heavy atom. The average molecular weight is 343 g/mol. The van der Waals surface area contributed by atoms with Gasteiger partial charge in [-0.15, -0.1) is 0 Å². The molecule has 2 aromatic heterocycles. The molecule has 0 radical (unpaired) electrons. The Labute approximate surface area is 150 Å². The van der Waals surface area contributed by atoms with Gasteiger partial charge in [-0.1, -0.05) is 25.1 Å². The van der Waals surface area contributed by atoms with Gasteiger partial charge >= 0.3 is 0 Å². The summed E-state index contributed by atoms with van der Waals surface area (Å²) in [6.45, 7) is 8.40. The van der Waals surface area contributed by atoms with Gasteiger partial charge in [0.15, 0.2) is 5.82 Å². The highest BCUT2D eigenvalue weighted by Gasteiger charge is 2.35. The highest BCUT2D eigenvalue weighted by molar-refractivity contribution is 5.17. The minimum Gasteiger partial charge on any atom is -0.338 e. The molecule has 0 unspecified atom stereocenters. The van der Waals surface area contributed by atoms with Crippen LogP contribution in [0.1, 0.15) is 62.5 Å². The van der Waals surface area contributed by atoms with E-state index in [4.69, 9.17) is 4.52 Å². The molecule has 0 N–H and O–H groups in total. The van der Waals surface area contributed by atoms with Gasteiger partial charge in [-0.25, -0.2) is 0 Å². The van der Waals surface area contributed by atoms with Gasteiger partial charge in [-0.2, -0.15) is 4.98 Å². The van der Waals surface area contributed by atoms with Crippen molar-refractivity contribution in [1.82, 2.24) is 24.9 Å². The first-order chi connectivity index (χ1) is 12.0. The first-order valence-electron chi connectivity index (χ1n) is 9.11. The molecule has 0 bridgehead atoms. The lowest BCUT2D eigenvalue weighted by atomic mass is 9.94. The number of pyridine rings is 1. The van der Waals surface area contributed by atoms with E-state index in [1.165, 1.54) is 12.0 Å². The summed E-state index contributed by atoms with van der Waals surface area (Å²) in [6.07, 6.45) is 5.02. The zero-order valence-corrected chi connectivity index (χ0v) is 15.9. The first kappa shape index (κ1) is 18.0. The average Bonchev–Trinajstić information content (AvgIpc) is 3.22. The molecule has 1 fully saturated rings. The summed E-state index contributed by atoms with van der Waals surface area (Å²) in [7, 11) is 4.34. The Morgan fingerprint density at radius 2 is 2.16 bits per heavy atom. The highest BCUT2D eigenvalue weighted by atomic mass is 16.5. The molecule has 6 nitrogen and oxygen atoms in total. The summed E-state index contributed by atoms with van der Waals surface area (Å²) in [4.78, 5) is 13.6. The van der Waals surface area contributed by atoms with Crippen LogP contribution in [0.15, 0.2) is 29.0 Å². The van der Waals surface area contributed by atoms with E-state index in [1.807, 2.05) is 18.5 Å². The molecule has 1 aliphatic rings. The highest BCUT2D eigenvalue weighted by Crippen LogP contribution is 2.37. The monoisotopic (exact) mass is 343 g/mol. The van der Waals surface area contributed by atoms with Crippen LogP contribution in [-0.2, 0) is 0 Å². The van der Waals surface area contributed by atoms with E-state index in [0.717, 1.165) is 18.9 Å². The Morgan fingerprint density at radius 1 is 1.36 bits per heavy atom. The minimum absolute atomic E-state index is 0.112. The minimum atomic E-state index is 0.112. The van der Waals surface area contributed by atoms with Crippen LogP contribution >= 0.6 is 0 Å². The van der Waals surface area contributed by atoms with E-state index in [-0.39, 0.29) is 12.0 Å². The molecule has 0 saturated carbocycles. The molecule has 1 saturated heterocycles. The lowest BCUT2D eigenvalue weighted by molar-refractivity contribution is 0.162. The van der Waals surface area contributed by atoms with E-state index >= 15 is 0 Å². The summed E-state index contributed by atoms with van der Waals surface area (Å²) in [5, 5.41) is 4.10. The van der Waals surface area contributed by atoms with Crippen molar-refractivity contribution in [3.63, 3.8) is 0 Å². The standard InChI is InChI=1S/C19H29N5O/c1-13(2)18-21-19(25-22-18)14(3)24(5)12-16-8-10-23(4)17(16)15-7-6-9-20-11-15/h6-7,9,11,13-14,16-17H,8,10,12H2,1-5H3/t14-,16+,17+/m1/s1. The predicted molar refractivity (Wildman–Crippen MR) is 97.1 cm³/mol.